The Balaban J connectivity index is 2.12. The first kappa shape index (κ1) is 11.4. The SMILES string of the molecule is SCCc1ncc(-c2cccc3ccccc23)[nH]1. The lowest BCUT2D eigenvalue weighted by molar-refractivity contribution is 1.00. The van der Waals surface area contributed by atoms with Crippen molar-refractivity contribution in [2.45, 2.75) is 6.42 Å². The second-order valence-electron chi connectivity index (χ2n) is 4.24. The first-order chi connectivity index (χ1) is 8.88. The van der Waals surface area contributed by atoms with Crippen molar-refractivity contribution in [1.82, 2.24) is 9.97 Å². The van der Waals surface area contributed by atoms with Gasteiger partial charge in [0.25, 0.3) is 0 Å². The molecule has 3 rings (SSSR count). The molecule has 3 aromatic rings. The third kappa shape index (κ3) is 2.02. The van der Waals surface area contributed by atoms with Crippen molar-refractivity contribution in [2.75, 3.05) is 5.75 Å². The number of aromatic nitrogens is 2. The fourth-order valence-electron chi connectivity index (χ4n) is 2.19. The quantitative estimate of drug-likeness (QED) is 0.685. The number of H-pyrrole nitrogens is 1. The lowest BCUT2D eigenvalue weighted by Gasteiger charge is -2.03. The first-order valence-electron chi connectivity index (χ1n) is 6.01. The van der Waals surface area contributed by atoms with E-state index in [0.717, 1.165) is 23.7 Å². The molecule has 0 spiro atoms. The van der Waals surface area contributed by atoms with Gasteiger partial charge in [0.2, 0.25) is 0 Å². The van der Waals surface area contributed by atoms with Gasteiger partial charge in [-0.3, -0.25) is 0 Å². The number of imidazole rings is 1. The van der Waals surface area contributed by atoms with Crippen molar-refractivity contribution in [3.05, 3.63) is 54.5 Å². The van der Waals surface area contributed by atoms with Crippen LogP contribution >= 0.6 is 12.6 Å². The van der Waals surface area contributed by atoms with Gasteiger partial charge in [-0.15, -0.1) is 0 Å². The van der Waals surface area contributed by atoms with Crippen LogP contribution in [-0.4, -0.2) is 15.7 Å². The number of nitrogens with zero attached hydrogens (tertiary/aromatic N) is 1. The number of fused-ring (bicyclic) bond motifs is 1. The minimum Gasteiger partial charge on any atom is -0.342 e. The van der Waals surface area contributed by atoms with Crippen molar-refractivity contribution >= 4 is 23.4 Å². The van der Waals surface area contributed by atoms with E-state index in [-0.39, 0.29) is 0 Å². The van der Waals surface area contributed by atoms with Gasteiger partial charge in [0.05, 0.1) is 11.9 Å². The van der Waals surface area contributed by atoms with Gasteiger partial charge in [-0.1, -0.05) is 42.5 Å². The number of nitrogens with one attached hydrogen (secondary N) is 1. The molecule has 1 N–H and O–H groups in total. The molecule has 18 heavy (non-hydrogen) atoms. The molecule has 0 aliphatic heterocycles. The second-order valence-corrected chi connectivity index (χ2v) is 4.69. The summed E-state index contributed by atoms with van der Waals surface area (Å²) >= 11 is 4.23. The van der Waals surface area contributed by atoms with E-state index in [2.05, 4.69) is 65.1 Å². The molecule has 1 aromatic heterocycles. The van der Waals surface area contributed by atoms with Crippen molar-refractivity contribution < 1.29 is 0 Å². The lowest BCUT2D eigenvalue weighted by atomic mass is 10.0. The van der Waals surface area contributed by atoms with Crippen LogP contribution in [0.3, 0.4) is 0 Å². The molecule has 0 saturated carbocycles. The van der Waals surface area contributed by atoms with Crippen LogP contribution in [0.5, 0.6) is 0 Å². The molecule has 0 aliphatic carbocycles. The molecule has 0 aliphatic rings. The second kappa shape index (κ2) is 4.86. The lowest BCUT2D eigenvalue weighted by Crippen LogP contribution is -1.88. The van der Waals surface area contributed by atoms with Crippen molar-refractivity contribution in [3.8, 4) is 11.3 Å². The van der Waals surface area contributed by atoms with Gasteiger partial charge in [0.15, 0.2) is 0 Å². The Labute approximate surface area is 111 Å². The Hall–Kier alpha value is -1.74. The molecule has 0 bridgehead atoms. The normalized spacial score (nSPS) is 10.9. The zero-order valence-electron chi connectivity index (χ0n) is 9.93. The summed E-state index contributed by atoms with van der Waals surface area (Å²) in [6.45, 7) is 0. The Kier molecular flexibility index (Phi) is 3.07. The van der Waals surface area contributed by atoms with Gasteiger partial charge in [-0.25, -0.2) is 4.98 Å². The zero-order valence-corrected chi connectivity index (χ0v) is 10.8. The van der Waals surface area contributed by atoms with E-state index in [1.54, 1.807) is 0 Å². The Morgan fingerprint density at radius 3 is 2.78 bits per heavy atom. The molecule has 0 atom stereocenters. The summed E-state index contributed by atoms with van der Waals surface area (Å²) in [5, 5.41) is 2.50. The van der Waals surface area contributed by atoms with E-state index in [0.29, 0.717) is 0 Å². The number of hydrogen-bond donors (Lipinski definition) is 2. The fraction of sp³-hybridized carbons (Fsp3) is 0.133. The van der Waals surface area contributed by atoms with Gasteiger partial charge in [-0.05, 0) is 16.5 Å². The van der Waals surface area contributed by atoms with Gasteiger partial charge < -0.3 is 4.98 Å². The summed E-state index contributed by atoms with van der Waals surface area (Å²) in [6, 6.07) is 14.7. The smallest absolute Gasteiger partial charge is 0.107 e. The highest BCUT2D eigenvalue weighted by atomic mass is 32.1. The van der Waals surface area contributed by atoms with Crippen LogP contribution in [0.15, 0.2) is 48.7 Å². The van der Waals surface area contributed by atoms with Crippen molar-refractivity contribution in [3.63, 3.8) is 0 Å². The van der Waals surface area contributed by atoms with Crippen molar-refractivity contribution in [2.24, 2.45) is 0 Å². The minimum atomic E-state index is 0.808. The molecule has 0 radical (unpaired) electrons. The van der Waals surface area contributed by atoms with Crippen LogP contribution in [0.4, 0.5) is 0 Å². The van der Waals surface area contributed by atoms with Gasteiger partial charge in [-0.2, -0.15) is 12.6 Å². The highest BCUT2D eigenvalue weighted by Gasteiger charge is 2.06. The summed E-state index contributed by atoms with van der Waals surface area (Å²) in [5.41, 5.74) is 2.27. The predicted molar refractivity (Wildman–Crippen MR) is 79.1 cm³/mol. The summed E-state index contributed by atoms with van der Waals surface area (Å²) < 4.78 is 0. The zero-order chi connectivity index (χ0) is 12.4. The van der Waals surface area contributed by atoms with Crippen LogP contribution in [0.2, 0.25) is 0 Å². The largest absolute Gasteiger partial charge is 0.342 e. The topological polar surface area (TPSA) is 28.7 Å². The number of rotatable bonds is 3. The molecule has 1 heterocycles. The molecule has 0 fully saturated rings. The molecular weight excluding hydrogens is 240 g/mol. The van der Waals surface area contributed by atoms with Crippen LogP contribution < -0.4 is 0 Å². The van der Waals surface area contributed by atoms with Gasteiger partial charge >= 0.3 is 0 Å². The van der Waals surface area contributed by atoms with E-state index in [1.165, 1.54) is 16.3 Å². The highest BCUT2D eigenvalue weighted by molar-refractivity contribution is 7.80. The summed E-state index contributed by atoms with van der Waals surface area (Å²) in [4.78, 5) is 7.75. The monoisotopic (exact) mass is 254 g/mol. The number of aromatic amines is 1. The summed E-state index contributed by atoms with van der Waals surface area (Å²) in [5.74, 6) is 1.80. The van der Waals surface area contributed by atoms with E-state index >= 15 is 0 Å². The van der Waals surface area contributed by atoms with Crippen LogP contribution in [0, 0.1) is 0 Å². The van der Waals surface area contributed by atoms with Gasteiger partial charge in [0.1, 0.15) is 5.82 Å². The van der Waals surface area contributed by atoms with Crippen LogP contribution in [0.25, 0.3) is 22.0 Å². The number of benzene rings is 2. The summed E-state index contributed by atoms with van der Waals surface area (Å²) in [6.07, 6.45) is 2.77. The Morgan fingerprint density at radius 2 is 1.89 bits per heavy atom. The number of thiol groups is 1. The summed E-state index contributed by atoms with van der Waals surface area (Å²) in [7, 11) is 0. The average Bonchev–Trinajstić information content (AvgIpc) is 2.87. The average molecular weight is 254 g/mol. The minimum absolute atomic E-state index is 0.808. The van der Waals surface area contributed by atoms with E-state index in [9.17, 15) is 0 Å². The molecule has 0 saturated heterocycles. The number of hydrogen-bond acceptors (Lipinski definition) is 2. The first-order valence-corrected chi connectivity index (χ1v) is 6.64. The molecule has 0 unspecified atom stereocenters. The third-order valence-corrected chi connectivity index (χ3v) is 3.28. The van der Waals surface area contributed by atoms with E-state index < -0.39 is 0 Å². The van der Waals surface area contributed by atoms with Crippen LogP contribution in [0.1, 0.15) is 5.82 Å². The van der Waals surface area contributed by atoms with Crippen molar-refractivity contribution in [1.29, 1.82) is 0 Å². The third-order valence-electron chi connectivity index (χ3n) is 3.06. The molecule has 0 amide bonds. The molecule has 90 valence electrons. The van der Waals surface area contributed by atoms with Gasteiger partial charge in [0, 0.05) is 12.0 Å². The maximum absolute atomic E-state index is 4.38. The highest BCUT2D eigenvalue weighted by Crippen LogP contribution is 2.27. The predicted octanol–water partition coefficient (Wildman–Crippen LogP) is 3.70. The maximum Gasteiger partial charge on any atom is 0.107 e. The van der Waals surface area contributed by atoms with E-state index in [4.69, 9.17) is 0 Å². The van der Waals surface area contributed by atoms with Crippen LogP contribution in [-0.2, 0) is 6.42 Å². The fourth-order valence-corrected chi connectivity index (χ4v) is 2.40. The molecule has 3 heteroatoms. The number of aryl methyl sites for hydroxylation is 1. The Morgan fingerprint density at radius 1 is 1.06 bits per heavy atom. The van der Waals surface area contributed by atoms with E-state index in [1.807, 2.05) is 6.20 Å². The molecular formula is C15H14N2S. The standard InChI is InChI=1S/C15H14N2S/c18-9-8-15-16-10-14(17-15)13-7-3-5-11-4-1-2-6-12(11)13/h1-7,10,18H,8-9H2,(H,16,17). The maximum atomic E-state index is 4.38. The molecule has 2 aromatic carbocycles. The molecule has 2 nitrogen and oxygen atoms in total. The Bertz CT molecular complexity index is 668.